The van der Waals surface area contributed by atoms with Gasteiger partial charge < -0.3 is 9.90 Å². The predicted molar refractivity (Wildman–Crippen MR) is 61.6 cm³/mol. The molecule has 1 aromatic rings. The molecule has 0 aliphatic carbocycles. The van der Waals surface area contributed by atoms with E-state index in [-0.39, 0.29) is 5.78 Å². The maximum Gasteiger partial charge on any atom is 0.335 e. The lowest BCUT2D eigenvalue weighted by atomic mass is 10.0. The quantitative estimate of drug-likeness (QED) is 0.750. The number of hydrogen-bond acceptors (Lipinski definition) is 2. The summed E-state index contributed by atoms with van der Waals surface area (Å²) in [5.41, 5.74) is 1.43. The maximum absolute atomic E-state index is 10.7. The Balaban J connectivity index is 2.38. The number of carboxylic acid groups (broad SMARTS) is 1. The predicted octanol–water partition coefficient (Wildman–Crippen LogP) is 2.69. The highest BCUT2D eigenvalue weighted by atomic mass is 16.4. The van der Waals surface area contributed by atoms with Crippen LogP contribution in [0.2, 0.25) is 0 Å². The molecule has 86 valence electrons. The van der Waals surface area contributed by atoms with Crippen molar-refractivity contribution in [3.8, 4) is 0 Å². The molecule has 0 atom stereocenters. The number of carbonyl (C=O) groups is 2. The molecule has 0 aliphatic heterocycles. The monoisotopic (exact) mass is 220 g/mol. The number of ketones is 1. The third kappa shape index (κ3) is 4.26. The molecule has 3 heteroatoms. The number of rotatable bonds is 6. The van der Waals surface area contributed by atoms with Crippen molar-refractivity contribution in [3.63, 3.8) is 0 Å². The molecule has 0 radical (unpaired) electrons. The van der Waals surface area contributed by atoms with E-state index in [0.717, 1.165) is 24.8 Å². The zero-order chi connectivity index (χ0) is 12.0. The number of carbonyl (C=O) groups excluding carboxylic acids is 1. The van der Waals surface area contributed by atoms with Gasteiger partial charge in [0.05, 0.1) is 5.56 Å². The van der Waals surface area contributed by atoms with Crippen molar-refractivity contribution in [3.05, 3.63) is 35.4 Å². The van der Waals surface area contributed by atoms with Gasteiger partial charge in [-0.2, -0.15) is 0 Å². The van der Waals surface area contributed by atoms with E-state index in [1.54, 1.807) is 19.1 Å². The number of benzene rings is 1. The Hall–Kier alpha value is -1.64. The molecule has 0 saturated carbocycles. The molecule has 0 heterocycles. The first-order chi connectivity index (χ1) is 7.59. The Morgan fingerprint density at radius 2 is 1.75 bits per heavy atom. The van der Waals surface area contributed by atoms with Gasteiger partial charge in [0.1, 0.15) is 5.78 Å². The van der Waals surface area contributed by atoms with E-state index in [1.807, 2.05) is 12.1 Å². The van der Waals surface area contributed by atoms with Crippen molar-refractivity contribution in [2.75, 3.05) is 0 Å². The van der Waals surface area contributed by atoms with Crippen LogP contribution in [0.1, 0.15) is 42.1 Å². The summed E-state index contributed by atoms with van der Waals surface area (Å²) in [6.45, 7) is 1.60. The number of aryl methyl sites for hydroxylation is 1. The van der Waals surface area contributed by atoms with Crippen molar-refractivity contribution in [2.24, 2.45) is 0 Å². The van der Waals surface area contributed by atoms with Crippen LogP contribution in [0.5, 0.6) is 0 Å². The summed E-state index contributed by atoms with van der Waals surface area (Å²) in [5.74, 6) is -0.677. The fourth-order valence-corrected chi connectivity index (χ4v) is 1.52. The summed E-state index contributed by atoms with van der Waals surface area (Å²) in [7, 11) is 0. The van der Waals surface area contributed by atoms with Crippen LogP contribution in [0, 0.1) is 0 Å². The van der Waals surface area contributed by atoms with Gasteiger partial charge in [-0.05, 0) is 43.9 Å². The standard InChI is InChI=1S/C13H16O3/c1-10(14)4-2-3-5-11-6-8-12(9-7-11)13(15)16/h6-9H,2-5H2,1H3,(H,15,16). The molecule has 0 saturated heterocycles. The van der Waals surface area contributed by atoms with Gasteiger partial charge >= 0.3 is 5.97 Å². The fourth-order valence-electron chi connectivity index (χ4n) is 1.52. The van der Waals surface area contributed by atoms with Gasteiger partial charge in [0.15, 0.2) is 0 Å². The van der Waals surface area contributed by atoms with E-state index in [2.05, 4.69) is 0 Å². The molecule has 1 rings (SSSR count). The second kappa shape index (κ2) is 6.05. The van der Waals surface area contributed by atoms with E-state index in [9.17, 15) is 9.59 Å². The molecular weight excluding hydrogens is 204 g/mol. The molecule has 16 heavy (non-hydrogen) atoms. The SMILES string of the molecule is CC(=O)CCCCc1ccc(C(=O)O)cc1. The van der Waals surface area contributed by atoms with Crippen molar-refractivity contribution in [2.45, 2.75) is 32.6 Å². The Morgan fingerprint density at radius 3 is 2.25 bits per heavy atom. The van der Waals surface area contributed by atoms with Crippen molar-refractivity contribution >= 4 is 11.8 Å². The average Bonchev–Trinajstić information content (AvgIpc) is 2.25. The number of hydrogen-bond donors (Lipinski definition) is 1. The molecule has 0 aliphatic rings. The van der Waals surface area contributed by atoms with Crippen LogP contribution in [0.25, 0.3) is 0 Å². The highest BCUT2D eigenvalue weighted by Gasteiger charge is 2.01. The molecular formula is C13H16O3. The third-order valence-corrected chi connectivity index (χ3v) is 2.45. The Labute approximate surface area is 95.1 Å². The van der Waals surface area contributed by atoms with Crippen molar-refractivity contribution in [1.82, 2.24) is 0 Å². The van der Waals surface area contributed by atoms with E-state index >= 15 is 0 Å². The second-order valence-corrected chi connectivity index (χ2v) is 3.91. The molecule has 3 nitrogen and oxygen atoms in total. The van der Waals surface area contributed by atoms with E-state index < -0.39 is 5.97 Å². The molecule has 1 aromatic carbocycles. The van der Waals surface area contributed by atoms with Gasteiger partial charge in [-0.15, -0.1) is 0 Å². The van der Waals surface area contributed by atoms with Crippen LogP contribution in [-0.4, -0.2) is 16.9 Å². The lowest BCUT2D eigenvalue weighted by Crippen LogP contribution is -1.96. The summed E-state index contributed by atoms with van der Waals surface area (Å²) in [5, 5.41) is 8.71. The number of aromatic carboxylic acids is 1. The number of carboxylic acids is 1. The van der Waals surface area contributed by atoms with Crippen LogP contribution >= 0.6 is 0 Å². The third-order valence-electron chi connectivity index (χ3n) is 2.45. The van der Waals surface area contributed by atoms with E-state index in [1.165, 1.54) is 0 Å². The first-order valence-electron chi connectivity index (χ1n) is 5.41. The Kier molecular flexibility index (Phi) is 4.70. The topological polar surface area (TPSA) is 54.4 Å². The minimum atomic E-state index is -0.900. The summed E-state index contributed by atoms with van der Waals surface area (Å²) in [6, 6.07) is 6.89. The molecule has 0 unspecified atom stereocenters. The Morgan fingerprint density at radius 1 is 1.12 bits per heavy atom. The van der Waals surface area contributed by atoms with Gasteiger partial charge in [-0.1, -0.05) is 12.1 Å². The summed E-state index contributed by atoms with van der Waals surface area (Å²) >= 11 is 0. The zero-order valence-electron chi connectivity index (χ0n) is 9.40. The van der Waals surface area contributed by atoms with Gasteiger partial charge in [0.2, 0.25) is 0 Å². The van der Waals surface area contributed by atoms with Gasteiger partial charge in [-0.3, -0.25) is 0 Å². The summed E-state index contributed by atoms with van der Waals surface area (Å²) < 4.78 is 0. The molecule has 1 N–H and O–H groups in total. The van der Waals surface area contributed by atoms with Crippen LogP contribution < -0.4 is 0 Å². The van der Waals surface area contributed by atoms with E-state index in [4.69, 9.17) is 5.11 Å². The zero-order valence-corrected chi connectivity index (χ0v) is 9.40. The molecule has 0 aromatic heterocycles. The van der Waals surface area contributed by atoms with Gasteiger partial charge in [0.25, 0.3) is 0 Å². The first kappa shape index (κ1) is 12.4. The Bertz CT molecular complexity index is 365. The van der Waals surface area contributed by atoms with Gasteiger partial charge in [-0.25, -0.2) is 4.79 Å². The van der Waals surface area contributed by atoms with Crippen molar-refractivity contribution < 1.29 is 14.7 Å². The number of Topliss-reactive ketones (excluding diaryl/α,β-unsaturated/α-hetero) is 1. The maximum atomic E-state index is 10.7. The number of unbranched alkanes of at least 4 members (excludes halogenated alkanes) is 1. The lowest BCUT2D eigenvalue weighted by molar-refractivity contribution is -0.117. The minimum Gasteiger partial charge on any atom is -0.478 e. The molecule has 0 fully saturated rings. The minimum absolute atomic E-state index is 0.223. The lowest BCUT2D eigenvalue weighted by Gasteiger charge is -2.01. The average molecular weight is 220 g/mol. The van der Waals surface area contributed by atoms with Crippen molar-refractivity contribution in [1.29, 1.82) is 0 Å². The van der Waals surface area contributed by atoms with Crippen LogP contribution in [0.4, 0.5) is 0 Å². The highest BCUT2D eigenvalue weighted by Crippen LogP contribution is 2.09. The molecule has 0 amide bonds. The van der Waals surface area contributed by atoms with Crippen LogP contribution in [0.3, 0.4) is 0 Å². The summed E-state index contributed by atoms with van der Waals surface area (Å²) in [4.78, 5) is 21.3. The largest absolute Gasteiger partial charge is 0.478 e. The smallest absolute Gasteiger partial charge is 0.335 e. The van der Waals surface area contributed by atoms with E-state index in [0.29, 0.717) is 12.0 Å². The first-order valence-corrected chi connectivity index (χ1v) is 5.41. The highest BCUT2D eigenvalue weighted by molar-refractivity contribution is 5.87. The summed E-state index contributed by atoms with van der Waals surface area (Å²) in [6.07, 6.45) is 3.39. The second-order valence-electron chi connectivity index (χ2n) is 3.91. The van der Waals surface area contributed by atoms with Crippen LogP contribution in [-0.2, 0) is 11.2 Å². The normalized spacial score (nSPS) is 10.1. The molecule has 0 bridgehead atoms. The van der Waals surface area contributed by atoms with Gasteiger partial charge in [0, 0.05) is 6.42 Å². The fraction of sp³-hybridized carbons (Fsp3) is 0.385. The van der Waals surface area contributed by atoms with Crippen LogP contribution in [0.15, 0.2) is 24.3 Å². The molecule has 0 spiro atoms.